The Balaban J connectivity index is 0.000000257. The highest BCUT2D eigenvalue weighted by Crippen LogP contribution is 2.26. The van der Waals surface area contributed by atoms with E-state index in [1.807, 2.05) is 83.0 Å². The first-order valence-corrected chi connectivity index (χ1v) is 15.9. The number of phenols is 2. The summed E-state index contributed by atoms with van der Waals surface area (Å²) in [5.41, 5.74) is 1.47. The maximum absolute atomic E-state index is 12.6. The number of rotatable bonds is 8. The van der Waals surface area contributed by atoms with E-state index in [0.29, 0.717) is 31.2 Å². The molecule has 2 heterocycles. The largest absolute Gasteiger partial charge is 0.508 e. The van der Waals surface area contributed by atoms with E-state index in [2.05, 4.69) is 5.32 Å². The number of likely N-dealkylation sites (N-methyl/N-ethyl adjacent to an activating group) is 2. The summed E-state index contributed by atoms with van der Waals surface area (Å²) in [5, 5.41) is 22.0. The number of benzene rings is 2. The van der Waals surface area contributed by atoms with Crippen molar-refractivity contribution in [2.24, 2.45) is 0 Å². The minimum absolute atomic E-state index is 0.126. The van der Waals surface area contributed by atoms with Crippen LogP contribution in [0, 0.1) is 0 Å². The van der Waals surface area contributed by atoms with Crippen molar-refractivity contribution < 1.29 is 29.2 Å². The van der Waals surface area contributed by atoms with Crippen molar-refractivity contribution >= 4 is 40.5 Å². The second-order valence-corrected chi connectivity index (χ2v) is 13.6. The van der Waals surface area contributed by atoms with Gasteiger partial charge in [-0.3, -0.25) is 4.90 Å². The second-order valence-electron chi connectivity index (χ2n) is 12.7. The van der Waals surface area contributed by atoms with Crippen molar-refractivity contribution in [3.63, 3.8) is 0 Å². The summed E-state index contributed by atoms with van der Waals surface area (Å²) in [7, 11) is 7.68. The van der Waals surface area contributed by atoms with Crippen molar-refractivity contribution in [1.82, 2.24) is 20.0 Å². The number of nitrogens with one attached hydrogen (secondary N) is 1. The number of hydrogen-bond acceptors (Lipinski definition) is 9. The molecule has 0 aromatic heterocycles. The lowest BCUT2D eigenvalue weighted by molar-refractivity contribution is 0.0169. The van der Waals surface area contributed by atoms with E-state index >= 15 is 0 Å². The second kappa shape index (κ2) is 16.5. The van der Waals surface area contributed by atoms with E-state index in [-0.39, 0.29) is 41.9 Å². The third kappa shape index (κ3) is 11.7. The fourth-order valence-corrected chi connectivity index (χ4v) is 5.32. The van der Waals surface area contributed by atoms with Gasteiger partial charge in [-0.1, -0.05) is 48.7 Å². The highest BCUT2D eigenvalue weighted by Gasteiger charge is 2.40. The van der Waals surface area contributed by atoms with Gasteiger partial charge in [0.1, 0.15) is 22.1 Å². The Hall–Kier alpha value is -3.03. The average molecular weight is 661 g/mol. The number of ether oxygens (including phenoxy) is 3. The number of carbonyl (C=O) groups is 1. The first-order chi connectivity index (χ1) is 21.1. The maximum atomic E-state index is 12.6. The molecule has 12 heteroatoms. The van der Waals surface area contributed by atoms with Crippen LogP contribution in [0.5, 0.6) is 11.5 Å². The van der Waals surface area contributed by atoms with Crippen molar-refractivity contribution in [2.45, 2.75) is 76.7 Å². The average Bonchev–Trinajstić information content (AvgIpc) is 3.63. The van der Waals surface area contributed by atoms with Crippen LogP contribution in [0.25, 0.3) is 0 Å². The SMILES string of the molecule is CN(C)C(=S)[C@@H]1C[C@@H](OCc2ccc(O)cc2)CN1.CN(C)C(=S)[C@@H]1C[C@@H](OCc2ccc(O)cc2)CN1C(=O)OC(C)(C)C. The molecule has 2 saturated heterocycles. The monoisotopic (exact) mass is 660 g/mol. The molecule has 2 aromatic rings. The molecule has 45 heavy (non-hydrogen) atoms. The summed E-state index contributed by atoms with van der Waals surface area (Å²) in [6, 6.07) is 14.0. The maximum Gasteiger partial charge on any atom is 0.410 e. The Bertz CT molecular complexity index is 1270. The zero-order valence-electron chi connectivity index (χ0n) is 27.4. The van der Waals surface area contributed by atoms with Crippen LogP contribution in [-0.2, 0) is 27.4 Å². The highest BCUT2D eigenvalue weighted by molar-refractivity contribution is 7.80. The Morgan fingerprint density at radius 3 is 1.80 bits per heavy atom. The third-order valence-electron chi connectivity index (χ3n) is 7.29. The summed E-state index contributed by atoms with van der Waals surface area (Å²) in [4.78, 5) is 19.7. The number of nitrogens with zero attached hydrogens (tertiary/aromatic N) is 3. The number of aromatic hydroxyl groups is 2. The first-order valence-electron chi connectivity index (χ1n) is 15.1. The fraction of sp³-hybridized carbons (Fsp3) is 0.545. The van der Waals surface area contributed by atoms with Gasteiger partial charge in [0.2, 0.25) is 0 Å². The molecule has 0 bridgehead atoms. The van der Waals surface area contributed by atoms with Crippen LogP contribution in [0.3, 0.4) is 0 Å². The number of amides is 1. The van der Waals surface area contributed by atoms with Crippen LogP contribution < -0.4 is 5.32 Å². The van der Waals surface area contributed by atoms with Gasteiger partial charge in [-0.05, 0) is 62.6 Å². The number of phenolic OH excluding ortho intramolecular Hbond substituents is 2. The molecule has 4 rings (SSSR count). The molecule has 0 radical (unpaired) electrons. The Kier molecular flexibility index (Phi) is 13.4. The van der Waals surface area contributed by atoms with Crippen LogP contribution in [0.2, 0.25) is 0 Å². The first kappa shape index (κ1) is 36.4. The molecule has 2 aliphatic heterocycles. The quantitative estimate of drug-likeness (QED) is 0.343. The fourth-order valence-electron chi connectivity index (χ4n) is 4.92. The molecule has 0 saturated carbocycles. The Morgan fingerprint density at radius 2 is 1.33 bits per heavy atom. The molecule has 0 unspecified atom stereocenters. The van der Waals surface area contributed by atoms with E-state index in [0.717, 1.165) is 29.1 Å². The van der Waals surface area contributed by atoms with Gasteiger partial charge >= 0.3 is 6.09 Å². The standard InChI is InChI=1S/C19H28N2O4S.C14H20N2O2S/c1-19(2,3)25-18(23)21-11-15(10-16(21)17(26)20(4)5)24-12-13-6-8-14(22)9-7-13;1-16(2)14(19)13-7-12(8-15-13)18-9-10-3-5-11(17)6-4-10/h6-9,15-16,22H,10-12H2,1-5H3;3-6,12-13,15,17H,7-9H2,1-2H3/t15-,16+;12-,13+/m11/s1. The zero-order chi connectivity index (χ0) is 33.3. The van der Waals surface area contributed by atoms with Crippen LogP contribution in [-0.4, -0.2) is 112 Å². The zero-order valence-corrected chi connectivity index (χ0v) is 29.0. The number of hydrogen-bond donors (Lipinski definition) is 3. The van der Waals surface area contributed by atoms with Gasteiger partial charge in [0, 0.05) is 41.2 Å². The molecule has 2 fully saturated rings. The van der Waals surface area contributed by atoms with Gasteiger partial charge in [-0.25, -0.2) is 4.79 Å². The van der Waals surface area contributed by atoms with E-state index < -0.39 is 5.60 Å². The van der Waals surface area contributed by atoms with Crippen molar-refractivity contribution in [3.05, 3.63) is 59.7 Å². The lowest BCUT2D eigenvalue weighted by Gasteiger charge is -2.30. The van der Waals surface area contributed by atoms with Gasteiger partial charge in [-0.2, -0.15) is 0 Å². The van der Waals surface area contributed by atoms with Gasteiger partial charge in [0.05, 0.1) is 49.0 Å². The van der Waals surface area contributed by atoms with E-state index in [1.54, 1.807) is 29.2 Å². The van der Waals surface area contributed by atoms with Crippen molar-refractivity contribution in [1.29, 1.82) is 0 Å². The lowest BCUT2D eigenvalue weighted by Crippen LogP contribution is -2.46. The van der Waals surface area contributed by atoms with Crippen LogP contribution in [0.15, 0.2) is 48.5 Å². The molecule has 10 nitrogen and oxygen atoms in total. The van der Waals surface area contributed by atoms with Gasteiger partial charge < -0.3 is 39.5 Å². The summed E-state index contributed by atoms with van der Waals surface area (Å²) < 4.78 is 17.4. The van der Waals surface area contributed by atoms with E-state index in [1.165, 1.54) is 0 Å². The third-order valence-corrected chi connectivity index (χ3v) is 8.58. The molecule has 0 spiro atoms. The Labute approximate surface area is 278 Å². The molecule has 4 atom stereocenters. The number of thiocarbonyl (C=S) groups is 2. The number of likely N-dealkylation sites (tertiary alicyclic amines) is 1. The van der Waals surface area contributed by atoms with Crippen LogP contribution in [0.4, 0.5) is 4.79 Å². The molecule has 1 amide bonds. The molecule has 0 aliphatic carbocycles. The molecular weight excluding hydrogens is 613 g/mol. The number of carbonyl (C=O) groups excluding carboxylic acids is 1. The van der Waals surface area contributed by atoms with Gasteiger partial charge in [0.25, 0.3) is 0 Å². The minimum atomic E-state index is -0.563. The molecule has 2 aliphatic rings. The minimum Gasteiger partial charge on any atom is -0.508 e. The van der Waals surface area contributed by atoms with Crippen LogP contribution >= 0.6 is 24.4 Å². The smallest absolute Gasteiger partial charge is 0.410 e. The lowest BCUT2D eigenvalue weighted by atomic mass is 10.2. The summed E-state index contributed by atoms with van der Waals surface area (Å²) in [5.74, 6) is 0.504. The van der Waals surface area contributed by atoms with E-state index in [4.69, 9.17) is 38.6 Å². The molecule has 3 N–H and O–H groups in total. The predicted molar refractivity (Wildman–Crippen MR) is 184 cm³/mol. The van der Waals surface area contributed by atoms with Crippen molar-refractivity contribution in [2.75, 3.05) is 41.3 Å². The normalized spacial score (nSPS) is 21.1. The van der Waals surface area contributed by atoms with Crippen molar-refractivity contribution in [3.8, 4) is 11.5 Å². The van der Waals surface area contributed by atoms with E-state index in [9.17, 15) is 15.0 Å². The van der Waals surface area contributed by atoms with Crippen LogP contribution in [0.1, 0.15) is 44.7 Å². The van der Waals surface area contributed by atoms with Gasteiger partial charge in [-0.15, -0.1) is 0 Å². The molecular formula is C33H48N4O6S2. The Morgan fingerprint density at radius 1 is 0.844 bits per heavy atom. The van der Waals surface area contributed by atoms with Gasteiger partial charge in [0.15, 0.2) is 0 Å². The topological polar surface area (TPSA) is 107 Å². The highest BCUT2D eigenvalue weighted by atomic mass is 32.1. The summed E-state index contributed by atoms with van der Waals surface area (Å²) >= 11 is 10.9. The summed E-state index contributed by atoms with van der Waals surface area (Å²) in [6.45, 7) is 7.78. The molecule has 2 aromatic carbocycles. The predicted octanol–water partition coefficient (Wildman–Crippen LogP) is 4.70. The summed E-state index contributed by atoms with van der Waals surface area (Å²) in [6.07, 6.45) is 1.24. The molecule has 248 valence electrons.